The number of halogens is 1. The number of aryl methyl sites for hydroxylation is 1. The third kappa shape index (κ3) is 6.17. The summed E-state index contributed by atoms with van der Waals surface area (Å²) in [7, 11) is 1.52. The van der Waals surface area contributed by atoms with E-state index in [1.807, 2.05) is 55.5 Å². The van der Waals surface area contributed by atoms with E-state index in [4.69, 9.17) is 4.74 Å². The van der Waals surface area contributed by atoms with Crippen molar-refractivity contribution in [3.63, 3.8) is 0 Å². The van der Waals surface area contributed by atoms with Gasteiger partial charge in [0.25, 0.3) is 5.91 Å². The minimum atomic E-state index is -0.824. The van der Waals surface area contributed by atoms with Gasteiger partial charge in [-0.25, -0.2) is 4.39 Å². The van der Waals surface area contributed by atoms with Gasteiger partial charge in [-0.2, -0.15) is 0 Å². The Morgan fingerprint density at radius 2 is 1.72 bits per heavy atom. The summed E-state index contributed by atoms with van der Waals surface area (Å²) in [5.74, 6) is -0.600. The molecular weight excluding hydrogens is 407 g/mol. The number of ether oxygens (including phenoxy) is 1. The molecular formula is C26H27FN2O3. The maximum absolute atomic E-state index is 14.4. The molecule has 0 aliphatic carbocycles. The van der Waals surface area contributed by atoms with E-state index in [2.05, 4.69) is 5.32 Å². The number of hydrogen-bond acceptors (Lipinski definition) is 3. The Hall–Kier alpha value is -3.67. The Balaban J connectivity index is 1.88. The minimum absolute atomic E-state index is 0.0480. The molecule has 0 aliphatic heterocycles. The van der Waals surface area contributed by atoms with Gasteiger partial charge >= 0.3 is 0 Å². The van der Waals surface area contributed by atoms with Crippen LogP contribution in [0.1, 0.15) is 16.7 Å². The number of hydrogen-bond donors (Lipinski definition) is 1. The predicted molar refractivity (Wildman–Crippen MR) is 122 cm³/mol. The first-order valence-corrected chi connectivity index (χ1v) is 10.5. The standard InChI is InChI=1S/C26H27FN2O3/c1-19-9-8-13-22(15-19)32-18-25(30)29(17-21-12-6-7-14-23(21)27)24(26(31)28-2)16-20-10-4-3-5-11-20/h3-15,24H,16-18H2,1-2H3,(H,28,31). The van der Waals surface area contributed by atoms with Gasteiger partial charge in [-0.15, -0.1) is 0 Å². The third-order valence-electron chi connectivity index (χ3n) is 5.17. The molecule has 3 rings (SSSR count). The summed E-state index contributed by atoms with van der Waals surface area (Å²) in [5, 5.41) is 2.63. The summed E-state index contributed by atoms with van der Waals surface area (Å²) < 4.78 is 20.1. The van der Waals surface area contributed by atoms with Crippen molar-refractivity contribution in [2.24, 2.45) is 0 Å². The first-order chi connectivity index (χ1) is 15.5. The van der Waals surface area contributed by atoms with Crippen molar-refractivity contribution in [1.82, 2.24) is 10.2 Å². The van der Waals surface area contributed by atoms with E-state index in [9.17, 15) is 14.0 Å². The number of nitrogens with one attached hydrogen (secondary N) is 1. The highest BCUT2D eigenvalue weighted by molar-refractivity contribution is 5.88. The second-order valence-electron chi connectivity index (χ2n) is 7.54. The highest BCUT2D eigenvalue weighted by Crippen LogP contribution is 2.18. The van der Waals surface area contributed by atoms with Crippen molar-refractivity contribution in [3.8, 4) is 5.75 Å². The molecule has 3 aromatic rings. The van der Waals surface area contributed by atoms with Crippen molar-refractivity contribution in [2.75, 3.05) is 13.7 Å². The Morgan fingerprint density at radius 3 is 2.41 bits per heavy atom. The van der Waals surface area contributed by atoms with Gasteiger partial charge in [0, 0.05) is 25.6 Å². The van der Waals surface area contributed by atoms with E-state index in [0.717, 1.165) is 11.1 Å². The number of carbonyl (C=O) groups is 2. The molecule has 32 heavy (non-hydrogen) atoms. The second-order valence-corrected chi connectivity index (χ2v) is 7.54. The van der Waals surface area contributed by atoms with Crippen LogP contribution in [0.3, 0.4) is 0 Å². The van der Waals surface area contributed by atoms with Crippen LogP contribution in [0.2, 0.25) is 0 Å². The van der Waals surface area contributed by atoms with Crippen LogP contribution in [0.4, 0.5) is 4.39 Å². The number of amides is 2. The van der Waals surface area contributed by atoms with Crippen molar-refractivity contribution in [1.29, 1.82) is 0 Å². The lowest BCUT2D eigenvalue weighted by atomic mass is 10.0. The van der Waals surface area contributed by atoms with Crippen molar-refractivity contribution in [3.05, 3.63) is 101 Å². The Morgan fingerprint density at radius 1 is 1.00 bits per heavy atom. The molecule has 3 aromatic carbocycles. The third-order valence-corrected chi connectivity index (χ3v) is 5.17. The van der Waals surface area contributed by atoms with Crippen LogP contribution in [-0.2, 0) is 22.6 Å². The highest BCUT2D eigenvalue weighted by Gasteiger charge is 2.30. The summed E-state index contributed by atoms with van der Waals surface area (Å²) in [6, 6.07) is 22.2. The maximum Gasteiger partial charge on any atom is 0.261 e. The molecule has 0 fully saturated rings. The van der Waals surface area contributed by atoms with Gasteiger partial charge in [0.2, 0.25) is 5.91 Å². The van der Waals surface area contributed by atoms with Crippen LogP contribution in [-0.4, -0.2) is 36.4 Å². The van der Waals surface area contributed by atoms with E-state index in [1.54, 1.807) is 24.3 Å². The zero-order valence-corrected chi connectivity index (χ0v) is 18.3. The van der Waals surface area contributed by atoms with Crippen LogP contribution in [0, 0.1) is 12.7 Å². The van der Waals surface area contributed by atoms with E-state index in [1.165, 1.54) is 18.0 Å². The smallest absolute Gasteiger partial charge is 0.261 e. The molecule has 0 saturated heterocycles. The first-order valence-electron chi connectivity index (χ1n) is 10.5. The zero-order chi connectivity index (χ0) is 22.9. The molecule has 5 nitrogen and oxygen atoms in total. The fraction of sp³-hybridized carbons (Fsp3) is 0.231. The largest absolute Gasteiger partial charge is 0.484 e. The predicted octanol–water partition coefficient (Wildman–Crippen LogP) is 3.90. The van der Waals surface area contributed by atoms with Crippen LogP contribution in [0.5, 0.6) is 5.75 Å². The molecule has 1 unspecified atom stereocenters. The quantitative estimate of drug-likeness (QED) is 0.556. The molecule has 1 N–H and O–H groups in total. The van der Waals surface area contributed by atoms with Gasteiger partial charge in [0.1, 0.15) is 17.6 Å². The number of nitrogens with zero attached hydrogens (tertiary/aromatic N) is 1. The lowest BCUT2D eigenvalue weighted by molar-refractivity contribution is -0.142. The summed E-state index contributed by atoms with van der Waals surface area (Å²) in [6.45, 7) is 1.62. The van der Waals surface area contributed by atoms with E-state index >= 15 is 0 Å². The topological polar surface area (TPSA) is 58.6 Å². The number of rotatable bonds is 9. The van der Waals surface area contributed by atoms with Crippen molar-refractivity contribution >= 4 is 11.8 Å². The SMILES string of the molecule is CNC(=O)C(Cc1ccccc1)N(Cc1ccccc1F)C(=O)COc1cccc(C)c1. The minimum Gasteiger partial charge on any atom is -0.484 e. The first kappa shape index (κ1) is 23.0. The van der Waals surface area contributed by atoms with Crippen molar-refractivity contribution in [2.45, 2.75) is 25.9 Å². The number of benzene rings is 3. The molecule has 166 valence electrons. The van der Waals surface area contributed by atoms with E-state index < -0.39 is 17.8 Å². The Kier molecular flexibility index (Phi) is 7.97. The lowest BCUT2D eigenvalue weighted by Gasteiger charge is -2.31. The Bertz CT molecular complexity index is 1060. The van der Waals surface area contributed by atoms with Crippen LogP contribution in [0.15, 0.2) is 78.9 Å². The molecule has 0 aliphatic rings. The molecule has 0 heterocycles. The number of likely N-dealkylation sites (N-methyl/N-ethyl adjacent to an activating group) is 1. The summed E-state index contributed by atoms with van der Waals surface area (Å²) in [6.07, 6.45) is 0.297. The van der Waals surface area contributed by atoms with Gasteiger partial charge in [-0.05, 0) is 36.2 Å². The van der Waals surface area contributed by atoms with Gasteiger partial charge in [-0.1, -0.05) is 60.7 Å². The zero-order valence-electron chi connectivity index (χ0n) is 18.3. The Labute approximate surface area is 187 Å². The average molecular weight is 435 g/mol. The fourth-order valence-corrected chi connectivity index (χ4v) is 3.46. The molecule has 2 amide bonds. The van der Waals surface area contributed by atoms with Gasteiger partial charge in [0.15, 0.2) is 6.61 Å². The molecule has 0 saturated carbocycles. The van der Waals surface area contributed by atoms with E-state index in [-0.39, 0.29) is 19.1 Å². The monoisotopic (exact) mass is 434 g/mol. The molecule has 0 bridgehead atoms. The summed E-state index contributed by atoms with van der Waals surface area (Å²) in [5.41, 5.74) is 2.23. The van der Waals surface area contributed by atoms with Crippen LogP contribution >= 0.6 is 0 Å². The molecule has 0 aromatic heterocycles. The van der Waals surface area contributed by atoms with Gasteiger partial charge < -0.3 is 15.0 Å². The maximum atomic E-state index is 14.4. The normalized spacial score (nSPS) is 11.5. The summed E-state index contributed by atoms with van der Waals surface area (Å²) >= 11 is 0. The van der Waals surface area contributed by atoms with E-state index in [0.29, 0.717) is 17.7 Å². The molecule has 1 atom stereocenters. The van der Waals surface area contributed by atoms with Gasteiger partial charge in [0.05, 0.1) is 0 Å². The van der Waals surface area contributed by atoms with Crippen molar-refractivity contribution < 1.29 is 18.7 Å². The lowest BCUT2D eigenvalue weighted by Crippen LogP contribution is -2.51. The van der Waals surface area contributed by atoms with Crippen LogP contribution in [0.25, 0.3) is 0 Å². The number of carbonyl (C=O) groups excluding carboxylic acids is 2. The van der Waals surface area contributed by atoms with Crippen LogP contribution < -0.4 is 10.1 Å². The average Bonchev–Trinajstić information content (AvgIpc) is 2.81. The molecule has 0 spiro atoms. The molecule has 0 radical (unpaired) electrons. The summed E-state index contributed by atoms with van der Waals surface area (Å²) in [4.78, 5) is 27.5. The fourth-order valence-electron chi connectivity index (χ4n) is 3.46. The molecule has 6 heteroatoms. The van der Waals surface area contributed by atoms with Gasteiger partial charge in [-0.3, -0.25) is 9.59 Å². The second kappa shape index (κ2) is 11.1. The highest BCUT2D eigenvalue weighted by atomic mass is 19.1.